The molecule has 0 aliphatic rings. The highest BCUT2D eigenvalue weighted by atomic mass is 32.1. The molecule has 92 valence electrons. The van der Waals surface area contributed by atoms with Crippen LogP contribution in [0.5, 0.6) is 0 Å². The molecule has 3 rings (SSSR count). The highest BCUT2D eigenvalue weighted by Gasteiger charge is 2.08. The zero-order valence-electron chi connectivity index (χ0n) is 10.0. The van der Waals surface area contributed by atoms with Gasteiger partial charge < -0.3 is 4.57 Å². The predicted octanol–water partition coefficient (Wildman–Crippen LogP) is 1.98. The molecule has 0 aliphatic carbocycles. The van der Waals surface area contributed by atoms with Crippen LogP contribution in [0.1, 0.15) is 5.69 Å². The van der Waals surface area contributed by atoms with Crippen molar-refractivity contribution in [3.63, 3.8) is 0 Å². The van der Waals surface area contributed by atoms with Crippen LogP contribution in [-0.2, 0) is 20.0 Å². The van der Waals surface area contributed by atoms with Gasteiger partial charge in [-0.05, 0) is 6.07 Å². The van der Waals surface area contributed by atoms with Gasteiger partial charge in [-0.25, -0.2) is 9.97 Å². The van der Waals surface area contributed by atoms with Crippen molar-refractivity contribution in [2.24, 2.45) is 7.05 Å². The van der Waals surface area contributed by atoms with Crippen molar-refractivity contribution < 1.29 is 0 Å². The van der Waals surface area contributed by atoms with Crippen molar-refractivity contribution in [3.05, 3.63) is 41.2 Å². The molecule has 0 aliphatic heterocycles. The lowest BCUT2D eigenvalue weighted by molar-refractivity contribution is 0.689. The van der Waals surface area contributed by atoms with E-state index < -0.39 is 0 Å². The smallest absolute Gasteiger partial charge is 0.160 e. The number of aromatic nitrogens is 5. The van der Waals surface area contributed by atoms with Gasteiger partial charge >= 0.3 is 0 Å². The minimum Gasteiger partial charge on any atom is -0.329 e. The Bertz CT molecular complexity index is 622. The molecule has 0 atom stereocenters. The molecule has 3 aromatic rings. The Morgan fingerprint density at radius 1 is 1.28 bits per heavy atom. The normalized spacial score (nSPS) is 10.9. The fourth-order valence-corrected chi connectivity index (χ4v) is 2.45. The Kier molecular flexibility index (Phi) is 2.93. The molecule has 18 heavy (non-hydrogen) atoms. The lowest BCUT2D eigenvalue weighted by Gasteiger charge is -2.04. The molecule has 0 aromatic carbocycles. The fraction of sp³-hybridized carbons (Fsp3) is 0.250. The molecule has 0 spiro atoms. The van der Waals surface area contributed by atoms with Crippen LogP contribution < -0.4 is 0 Å². The average Bonchev–Trinajstić information content (AvgIpc) is 3.07. The van der Waals surface area contributed by atoms with Crippen molar-refractivity contribution in [2.45, 2.75) is 13.0 Å². The highest BCUT2D eigenvalue weighted by Crippen LogP contribution is 2.15. The second-order valence-corrected chi connectivity index (χ2v) is 4.77. The summed E-state index contributed by atoms with van der Waals surface area (Å²) in [5.41, 5.74) is 3.89. The van der Waals surface area contributed by atoms with Crippen LogP contribution in [0.3, 0.4) is 0 Å². The minimum atomic E-state index is 0.871. The Morgan fingerprint density at radius 2 is 2.22 bits per heavy atom. The number of thiazole rings is 1. The molecule has 0 bridgehead atoms. The third kappa shape index (κ3) is 2.19. The maximum absolute atomic E-state index is 4.38. The van der Waals surface area contributed by atoms with Gasteiger partial charge in [0.2, 0.25) is 0 Å². The first-order chi connectivity index (χ1) is 8.83. The minimum absolute atomic E-state index is 0.871. The van der Waals surface area contributed by atoms with Crippen molar-refractivity contribution in [2.75, 3.05) is 0 Å². The maximum atomic E-state index is 4.38. The summed E-state index contributed by atoms with van der Waals surface area (Å²) < 4.78 is 3.90. The van der Waals surface area contributed by atoms with E-state index in [2.05, 4.69) is 25.0 Å². The van der Waals surface area contributed by atoms with E-state index in [1.54, 1.807) is 16.0 Å². The summed E-state index contributed by atoms with van der Waals surface area (Å²) >= 11 is 1.63. The summed E-state index contributed by atoms with van der Waals surface area (Å²) in [6.45, 7) is 0.871. The van der Waals surface area contributed by atoms with Gasteiger partial charge in [0.1, 0.15) is 5.69 Å². The Morgan fingerprint density at radius 3 is 2.94 bits per heavy atom. The SMILES string of the molecule is Cn1ccc(-c2nccn2CCc2cscn2)n1. The first-order valence-corrected chi connectivity index (χ1v) is 6.65. The zero-order chi connectivity index (χ0) is 12.4. The van der Waals surface area contributed by atoms with Gasteiger partial charge in [0.05, 0.1) is 11.2 Å². The molecule has 0 amide bonds. The third-order valence-electron chi connectivity index (χ3n) is 2.75. The average molecular weight is 259 g/mol. The number of hydrogen-bond donors (Lipinski definition) is 0. The molecule has 3 heterocycles. The van der Waals surface area contributed by atoms with Crippen molar-refractivity contribution >= 4 is 11.3 Å². The number of aryl methyl sites for hydroxylation is 3. The van der Waals surface area contributed by atoms with E-state index in [9.17, 15) is 0 Å². The van der Waals surface area contributed by atoms with E-state index in [0.717, 1.165) is 30.2 Å². The van der Waals surface area contributed by atoms with Crippen LogP contribution in [-0.4, -0.2) is 24.3 Å². The maximum Gasteiger partial charge on any atom is 0.160 e. The predicted molar refractivity (Wildman–Crippen MR) is 70.2 cm³/mol. The quantitative estimate of drug-likeness (QED) is 0.720. The summed E-state index contributed by atoms with van der Waals surface area (Å²) in [4.78, 5) is 8.66. The monoisotopic (exact) mass is 259 g/mol. The Balaban J connectivity index is 1.79. The van der Waals surface area contributed by atoms with Crippen LogP contribution >= 0.6 is 11.3 Å². The largest absolute Gasteiger partial charge is 0.329 e. The number of nitrogens with zero attached hydrogens (tertiary/aromatic N) is 5. The van der Waals surface area contributed by atoms with Crippen LogP contribution in [0.2, 0.25) is 0 Å². The van der Waals surface area contributed by atoms with E-state index >= 15 is 0 Å². The van der Waals surface area contributed by atoms with E-state index in [1.807, 2.05) is 37.2 Å². The van der Waals surface area contributed by atoms with Crippen LogP contribution in [0.25, 0.3) is 11.5 Å². The molecular formula is C12H13N5S. The summed E-state index contributed by atoms with van der Waals surface area (Å²) in [7, 11) is 1.91. The van der Waals surface area contributed by atoms with E-state index in [-0.39, 0.29) is 0 Å². The number of rotatable bonds is 4. The molecule has 0 fully saturated rings. The van der Waals surface area contributed by atoms with E-state index in [1.165, 1.54) is 0 Å². The standard InChI is InChI=1S/C12H13N5S/c1-16-5-3-11(15-16)12-13-4-7-17(12)6-2-10-8-18-9-14-10/h3-5,7-9H,2,6H2,1H3. The first kappa shape index (κ1) is 11.2. The number of hydrogen-bond acceptors (Lipinski definition) is 4. The van der Waals surface area contributed by atoms with E-state index in [0.29, 0.717) is 0 Å². The lowest BCUT2D eigenvalue weighted by atomic mass is 10.3. The van der Waals surface area contributed by atoms with Crippen LogP contribution in [0.15, 0.2) is 35.5 Å². The molecule has 0 N–H and O–H groups in total. The summed E-state index contributed by atoms with van der Waals surface area (Å²) in [5, 5.41) is 6.46. The van der Waals surface area contributed by atoms with Crippen molar-refractivity contribution in [1.29, 1.82) is 0 Å². The second-order valence-electron chi connectivity index (χ2n) is 4.05. The highest BCUT2D eigenvalue weighted by molar-refractivity contribution is 7.07. The van der Waals surface area contributed by atoms with Gasteiger partial charge in [0, 0.05) is 44.0 Å². The van der Waals surface area contributed by atoms with Gasteiger partial charge in [-0.1, -0.05) is 0 Å². The second kappa shape index (κ2) is 4.73. The van der Waals surface area contributed by atoms with Gasteiger partial charge in [-0.15, -0.1) is 11.3 Å². The fourth-order valence-electron chi connectivity index (χ4n) is 1.85. The molecule has 6 heteroatoms. The topological polar surface area (TPSA) is 48.5 Å². The lowest BCUT2D eigenvalue weighted by Crippen LogP contribution is -2.03. The van der Waals surface area contributed by atoms with Crippen molar-refractivity contribution in [3.8, 4) is 11.5 Å². The third-order valence-corrected chi connectivity index (χ3v) is 3.39. The first-order valence-electron chi connectivity index (χ1n) is 5.71. The molecule has 0 radical (unpaired) electrons. The molecule has 0 saturated carbocycles. The van der Waals surface area contributed by atoms with Crippen LogP contribution in [0.4, 0.5) is 0 Å². The zero-order valence-corrected chi connectivity index (χ0v) is 10.8. The Hall–Kier alpha value is -1.95. The molecule has 5 nitrogen and oxygen atoms in total. The van der Waals surface area contributed by atoms with Gasteiger partial charge in [0.15, 0.2) is 5.82 Å². The van der Waals surface area contributed by atoms with Gasteiger partial charge in [0.25, 0.3) is 0 Å². The van der Waals surface area contributed by atoms with Gasteiger partial charge in [-0.3, -0.25) is 4.68 Å². The molecule has 3 aromatic heterocycles. The summed E-state index contributed by atoms with van der Waals surface area (Å²) in [6, 6.07) is 1.97. The molecule has 0 saturated heterocycles. The molecular weight excluding hydrogens is 246 g/mol. The number of imidazole rings is 1. The summed E-state index contributed by atoms with van der Waals surface area (Å²) in [5.74, 6) is 0.908. The van der Waals surface area contributed by atoms with Crippen molar-refractivity contribution in [1.82, 2.24) is 24.3 Å². The van der Waals surface area contributed by atoms with Crippen LogP contribution in [0, 0.1) is 0 Å². The molecule has 0 unspecified atom stereocenters. The Labute approximate surface area is 109 Å². The van der Waals surface area contributed by atoms with E-state index in [4.69, 9.17) is 0 Å². The summed E-state index contributed by atoms with van der Waals surface area (Å²) in [6.07, 6.45) is 6.63. The van der Waals surface area contributed by atoms with Gasteiger partial charge in [-0.2, -0.15) is 5.10 Å².